The Kier molecular flexibility index (Phi) is 6.61. The molecule has 0 aliphatic heterocycles. The van der Waals surface area contributed by atoms with Crippen LogP contribution in [0.2, 0.25) is 0 Å². The molecule has 1 spiro atoms. The fourth-order valence-corrected chi connectivity index (χ4v) is 6.27. The minimum absolute atomic E-state index is 0.0944. The number of hydrogen-bond donors (Lipinski definition) is 1. The van der Waals surface area contributed by atoms with Crippen LogP contribution < -0.4 is 4.74 Å². The average molecular weight is 500 g/mol. The van der Waals surface area contributed by atoms with Gasteiger partial charge in [0.05, 0.1) is 12.0 Å². The molecule has 0 saturated heterocycles. The van der Waals surface area contributed by atoms with E-state index in [-0.39, 0.29) is 22.9 Å². The van der Waals surface area contributed by atoms with E-state index >= 15 is 0 Å². The van der Waals surface area contributed by atoms with Crippen LogP contribution in [0.15, 0.2) is 54.7 Å². The molecule has 37 heavy (non-hydrogen) atoms. The lowest BCUT2D eigenvalue weighted by Gasteiger charge is -2.32. The molecule has 0 unspecified atom stereocenters. The van der Waals surface area contributed by atoms with Crippen LogP contribution >= 0.6 is 0 Å². The number of pyridine rings is 1. The maximum Gasteiger partial charge on any atom is 0.307 e. The first-order chi connectivity index (χ1) is 17.6. The van der Waals surface area contributed by atoms with Gasteiger partial charge in [0.1, 0.15) is 12.4 Å². The number of ether oxygens (including phenoxy) is 2. The molecule has 5 heteroatoms. The Morgan fingerprint density at radius 1 is 1.16 bits per heavy atom. The Balaban J connectivity index is 1.44. The first-order valence-corrected chi connectivity index (χ1v) is 13.2. The molecule has 2 aliphatic carbocycles. The molecule has 5 rings (SSSR count). The van der Waals surface area contributed by atoms with Gasteiger partial charge in [0.25, 0.3) is 0 Å². The van der Waals surface area contributed by atoms with Gasteiger partial charge >= 0.3 is 5.97 Å². The van der Waals surface area contributed by atoms with Gasteiger partial charge in [0.15, 0.2) is 0 Å². The summed E-state index contributed by atoms with van der Waals surface area (Å²) in [5.41, 5.74) is 7.60. The van der Waals surface area contributed by atoms with Crippen LogP contribution in [0, 0.1) is 18.3 Å². The summed E-state index contributed by atoms with van der Waals surface area (Å²) in [5, 5.41) is 9.64. The number of aromatic nitrogens is 1. The Morgan fingerprint density at radius 2 is 1.97 bits per heavy atom. The molecule has 2 aromatic carbocycles. The summed E-state index contributed by atoms with van der Waals surface area (Å²) in [4.78, 5) is 16.1. The molecular formula is C32H37NO4. The highest BCUT2D eigenvalue weighted by molar-refractivity contribution is 5.78. The second-order valence-electron chi connectivity index (χ2n) is 11.8. The predicted molar refractivity (Wildman–Crippen MR) is 145 cm³/mol. The highest BCUT2D eigenvalue weighted by atomic mass is 16.5. The number of benzene rings is 2. The molecule has 3 atom stereocenters. The number of aryl methyl sites for hydroxylation is 2. The largest absolute Gasteiger partial charge is 0.489 e. The molecule has 1 fully saturated rings. The van der Waals surface area contributed by atoms with Crippen molar-refractivity contribution in [1.29, 1.82) is 0 Å². The van der Waals surface area contributed by atoms with Gasteiger partial charge in [-0.3, -0.25) is 9.78 Å². The van der Waals surface area contributed by atoms with Gasteiger partial charge in [-0.15, -0.1) is 0 Å². The fraction of sp³-hybridized carbons (Fsp3) is 0.438. The Bertz CT molecular complexity index is 1320. The van der Waals surface area contributed by atoms with Crippen LogP contribution in [0.5, 0.6) is 5.75 Å². The van der Waals surface area contributed by atoms with Gasteiger partial charge < -0.3 is 14.6 Å². The summed E-state index contributed by atoms with van der Waals surface area (Å²) in [7, 11) is 1.77. The van der Waals surface area contributed by atoms with Crippen molar-refractivity contribution in [2.45, 2.75) is 71.5 Å². The molecule has 3 aromatic rings. The second kappa shape index (κ2) is 9.60. The molecule has 0 amide bonds. The van der Waals surface area contributed by atoms with E-state index in [2.05, 4.69) is 62.2 Å². The molecule has 5 nitrogen and oxygen atoms in total. The van der Waals surface area contributed by atoms with Gasteiger partial charge in [-0.05, 0) is 102 Å². The van der Waals surface area contributed by atoms with Gasteiger partial charge in [0.2, 0.25) is 0 Å². The number of carboxylic acid groups (broad SMARTS) is 1. The predicted octanol–water partition coefficient (Wildman–Crippen LogP) is 7.05. The fourth-order valence-electron chi connectivity index (χ4n) is 6.27. The zero-order valence-corrected chi connectivity index (χ0v) is 22.5. The topological polar surface area (TPSA) is 68.7 Å². The van der Waals surface area contributed by atoms with E-state index in [1.807, 2.05) is 25.3 Å². The molecular weight excluding hydrogens is 462 g/mol. The van der Waals surface area contributed by atoms with E-state index in [4.69, 9.17) is 9.47 Å². The van der Waals surface area contributed by atoms with Gasteiger partial charge in [0, 0.05) is 24.4 Å². The van der Waals surface area contributed by atoms with E-state index in [0.717, 1.165) is 59.4 Å². The van der Waals surface area contributed by atoms with E-state index < -0.39 is 5.97 Å². The summed E-state index contributed by atoms with van der Waals surface area (Å²) in [5.74, 6) is -0.148. The number of carbonyl (C=O) groups is 1. The lowest BCUT2D eigenvalue weighted by Crippen LogP contribution is -2.21. The minimum Gasteiger partial charge on any atom is -0.489 e. The van der Waals surface area contributed by atoms with Crippen LogP contribution in [-0.4, -0.2) is 23.2 Å². The third-order valence-corrected chi connectivity index (χ3v) is 8.09. The first kappa shape index (κ1) is 25.5. The number of carboxylic acids is 1. The maximum absolute atomic E-state index is 11.7. The molecule has 2 aliphatic rings. The van der Waals surface area contributed by atoms with Crippen molar-refractivity contribution in [2.75, 3.05) is 7.11 Å². The van der Waals surface area contributed by atoms with Crippen LogP contribution in [-0.2, 0) is 28.0 Å². The van der Waals surface area contributed by atoms with E-state index in [1.165, 1.54) is 11.1 Å². The summed E-state index contributed by atoms with van der Waals surface area (Å²) in [6.45, 7) is 9.01. The number of nitrogens with zero attached hydrogens (tertiary/aromatic N) is 1. The molecule has 0 bridgehead atoms. The van der Waals surface area contributed by atoms with Crippen molar-refractivity contribution in [3.63, 3.8) is 0 Å². The molecule has 1 aromatic heterocycles. The lowest BCUT2D eigenvalue weighted by molar-refractivity contribution is -0.139. The molecule has 194 valence electrons. The van der Waals surface area contributed by atoms with E-state index in [1.54, 1.807) is 7.11 Å². The van der Waals surface area contributed by atoms with Crippen molar-refractivity contribution in [3.05, 3.63) is 82.7 Å². The van der Waals surface area contributed by atoms with Crippen molar-refractivity contribution in [2.24, 2.45) is 11.3 Å². The smallest absolute Gasteiger partial charge is 0.307 e. The Hall–Kier alpha value is -3.18. The molecule has 1 heterocycles. The number of methoxy groups -OCH3 is 1. The van der Waals surface area contributed by atoms with Crippen LogP contribution in [0.1, 0.15) is 74.1 Å². The Labute approximate surface area is 219 Å². The van der Waals surface area contributed by atoms with Crippen molar-refractivity contribution in [1.82, 2.24) is 4.98 Å². The maximum atomic E-state index is 11.7. The summed E-state index contributed by atoms with van der Waals surface area (Å²) < 4.78 is 12.3. The zero-order chi connectivity index (χ0) is 26.4. The highest BCUT2D eigenvalue weighted by Crippen LogP contribution is 2.60. The van der Waals surface area contributed by atoms with Crippen LogP contribution in [0.25, 0.3) is 11.1 Å². The van der Waals surface area contributed by atoms with Crippen LogP contribution in [0.4, 0.5) is 0 Å². The zero-order valence-electron chi connectivity index (χ0n) is 22.5. The summed E-state index contributed by atoms with van der Waals surface area (Å²) in [6, 6.07) is 16.9. The number of aliphatic carboxylic acids is 1. The monoisotopic (exact) mass is 499 g/mol. The number of fused-ring (bicyclic) bond motifs is 2. The van der Waals surface area contributed by atoms with Gasteiger partial charge in [-0.2, -0.15) is 0 Å². The third-order valence-electron chi connectivity index (χ3n) is 8.09. The highest BCUT2D eigenvalue weighted by Gasteiger charge is 2.60. The third kappa shape index (κ3) is 4.89. The molecule has 0 radical (unpaired) electrons. The summed E-state index contributed by atoms with van der Waals surface area (Å²) >= 11 is 0. The quantitative estimate of drug-likeness (QED) is 0.377. The average Bonchev–Trinajstić information content (AvgIpc) is 3.58. The SMILES string of the molecule is CO[C@@H](c1cc(COc2ccc3c(c2)[C@]2(CCC3)C[C@H]2C(=O)O)ccc1-c1ccnc(C)c1)C(C)(C)C. The first-order valence-electron chi connectivity index (χ1n) is 13.2. The van der Waals surface area contributed by atoms with Crippen LogP contribution in [0.3, 0.4) is 0 Å². The Morgan fingerprint density at radius 3 is 2.65 bits per heavy atom. The van der Waals surface area contributed by atoms with E-state index in [9.17, 15) is 9.90 Å². The minimum atomic E-state index is -0.678. The number of rotatable bonds is 7. The van der Waals surface area contributed by atoms with E-state index in [0.29, 0.717) is 6.61 Å². The van der Waals surface area contributed by atoms with Gasteiger partial charge in [-0.25, -0.2) is 0 Å². The molecule has 1 N–H and O–H groups in total. The second-order valence-corrected chi connectivity index (χ2v) is 11.8. The summed E-state index contributed by atoms with van der Waals surface area (Å²) in [6.07, 6.45) is 5.50. The standard InChI is InChI=1S/C32H37NO4/c1-20-15-23(12-14-33-20)25-11-8-21(16-26(25)29(36-5)31(2,3)4)19-37-24-10-9-22-7-6-13-32(27(22)17-24)18-28(32)30(34)35/h8-12,14-17,28-29H,6-7,13,18-19H2,1-5H3,(H,34,35)/t28-,29-,32-/m0/s1. The van der Waals surface area contributed by atoms with Crippen molar-refractivity contribution >= 4 is 5.97 Å². The lowest BCUT2D eigenvalue weighted by atomic mass is 9.78. The molecule has 1 saturated carbocycles. The van der Waals surface area contributed by atoms with Crippen molar-refractivity contribution < 1.29 is 19.4 Å². The van der Waals surface area contributed by atoms with Crippen molar-refractivity contribution in [3.8, 4) is 16.9 Å². The normalized spacial score (nSPS) is 21.4. The van der Waals surface area contributed by atoms with Gasteiger partial charge in [-0.1, -0.05) is 39.0 Å². The number of hydrogen-bond acceptors (Lipinski definition) is 4.